The Morgan fingerprint density at radius 3 is 2.53 bits per heavy atom. The van der Waals surface area contributed by atoms with Crippen molar-refractivity contribution in [3.63, 3.8) is 0 Å². The van der Waals surface area contributed by atoms with Gasteiger partial charge in [0, 0.05) is 23.0 Å². The maximum absolute atomic E-state index is 11.8. The molecule has 0 unspecified atom stereocenters. The lowest BCUT2D eigenvalue weighted by molar-refractivity contribution is -0.127. The van der Waals surface area contributed by atoms with E-state index in [1.807, 2.05) is 13.8 Å². The fourth-order valence-corrected chi connectivity index (χ4v) is 2.79. The predicted octanol–water partition coefficient (Wildman–Crippen LogP) is 3.95. The van der Waals surface area contributed by atoms with Crippen molar-refractivity contribution in [1.29, 1.82) is 0 Å². The Morgan fingerprint density at radius 2 is 1.94 bits per heavy atom. The first kappa shape index (κ1) is 14.7. The number of carbonyl (C=O) groups excluding carboxylic acids is 1. The van der Waals surface area contributed by atoms with E-state index in [4.69, 9.17) is 23.2 Å². The van der Waals surface area contributed by atoms with Gasteiger partial charge in [0.2, 0.25) is 5.91 Å². The number of rotatable bonds is 5. The Balaban J connectivity index is 2.61. The van der Waals surface area contributed by atoms with Gasteiger partial charge in [-0.3, -0.25) is 4.79 Å². The van der Waals surface area contributed by atoms with Gasteiger partial charge in [0.25, 0.3) is 0 Å². The third-order valence-corrected chi connectivity index (χ3v) is 4.08. The second-order valence-corrected chi connectivity index (χ2v) is 5.29. The van der Waals surface area contributed by atoms with Gasteiger partial charge < -0.3 is 4.90 Å². The highest BCUT2D eigenvalue weighted by atomic mass is 35.5. The Labute approximate surface area is 116 Å². The molecule has 0 aliphatic rings. The average molecular weight is 292 g/mol. The second kappa shape index (κ2) is 7.14. The number of benzene rings is 1. The largest absolute Gasteiger partial charge is 0.343 e. The highest BCUT2D eigenvalue weighted by Gasteiger charge is 2.11. The Hall–Kier alpha value is -0.380. The van der Waals surface area contributed by atoms with E-state index < -0.39 is 0 Å². The standard InChI is InChI=1S/C12H15Cl2NOS/c1-3-15(4-2)12(16)8-17-11-7-9(13)5-6-10(11)14/h5-7H,3-4,8H2,1-2H3. The van der Waals surface area contributed by atoms with Gasteiger partial charge in [0.05, 0.1) is 10.8 Å². The van der Waals surface area contributed by atoms with Crippen LogP contribution in [-0.4, -0.2) is 29.6 Å². The van der Waals surface area contributed by atoms with Crippen LogP contribution in [0.25, 0.3) is 0 Å². The second-order valence-electron chi connectivity index (χ2n) is 3.43. The summed E-state index contributed by atoms with van der Waals surface area (Å²) in [5.74, 6) is 0.512. The van der Waals surface area contributed by atoms with E-state index in [9.17, 15) is 4.79 Å². The molecule has 0 N–H and O–H groups in total. The van der Waals surface area contributed by atoms with E-state index in [-0.39, 0.29) is 5.91 Å². The molecule has 17 heavy (non-hydrogen) atoms. The number of halogens is 2. The summed E-state index contributed by atoms with van der Waals surface area (Å²) in [6.45, 7) is 5.41. The van der Waals surface area contributed by atoms with E-state index in [0.29, 0.717) is 15.8 Å². The predicted molar refractivity (Wildman–Crippen MR) is 75.1 cm³/mol. The monoisotopic (exact) mass is 291 g/mol. The van der Waals surface area contributed by atoms with Gasteiger partial charge in [0.1, 0.15) is 0 Å². The molecule has 1 aromatic carbocycles. The van der Waals surface area contributed by atoms with Gasteiger partial charge in [-0.15, -0.1) is 11.8 Å². The minimum absolute atomic E-state index is 0.121. The van der Waals surface area contributed by atoms with Crippen LogP contribution < -0.4 is 0 Å². The Kier molecular flexibility index (Phi) is 6.17. The van der Waals surface area contributed by atoms with Crippen molar-refractivity contribution in [3.8, 4) is 0 Å². The molecule has 0 heterocycles. The zero-order chi connectivity index (χ0) is 12.8. The number of amides is 1. The number of nitrogens with zero attached hydrogens (tertiary/aromatic N) is 1. The van der Waals surface area contributed by atoms with Crippen LogP contribution in [0.1, 0.15) is 13.8 Å². The van der Waals surface area contributed by atoms with Crippen LogP contribution in [-0.2, 0) is 4.79 Å². The van der Waals surface area contributed by atoms with Crippen molar-refractivity contribution >= 4 is 40.9 Å². The first-order valence-electron chi connectivity index (χ1n) is 5.44. The lowest BCUT2D eigenvalue weighted by atomic mass is 10.4. The van der Waals surface area contributed by atoms with Gasteiger partial charge in [-0.25, -0.2) is 0 Å². The summed E-state index contributed by atoms with van der Waals surface area (Å²) in [4.78, 5) is 14.4. The Bertz CT molecular complexity index is 394. The SMILES string of the molecule is CCN(CC)C(=O)CSc1cc(Cl)ccc1Cl. The van der Waals surface area contributed by atoms with E-state index >= 15 is 0 Å². The van der Waals surface area contributed by atoms with Gasteiger partial charge in [-0.2, -0.15) is 0 Å². The van der Waals surface area contributed by atoms with Crippen molar-refractivity contribution in [2.75, 3.05) is 18.8 Å². The highest BCUT2D eigenvalue weighted by Crippen LogP contribution is 2.29. The molecule has 0 spiro atoms. The summed E-state index contributed by atoms with van der Waals surface area (Å²) >= 11 is 13.3. The maximum atomic E-state index is 11.8. The van der Waals surface area contributed by atoms with Gasteiger partial charge in [0.15, 0.2) is 0 Å². The first-order chi connectivity index (χ1) is 8.08. The fraction of sp³-hybridized carbons (Fsp3) is 0.417. The van der Waals surface area contributed by atoms with Gasteiger partial charge >= 0.3 is 0 Å². The van der Waals surface area contributed by atoms with Crippen molar-refractivity contribution in [1.82, 2.24) is 4.90 Å². The minimum Gasteiger partial charge on any atom is -0.343 e. The molecule has 1 rings (SSSR count). The Morgan fingerprint density at radius 1 is 1.29 bits per heavy atom. The summed E-state index contributed by atoms with van der Waals surface area (Å²) in [6, 6.07) is 5.26. The summed E-state index contributed by atoms with van der Waals surface area (Å²) < 4.78 is 0. The molecule has 0 fully saturated rings. The van der Waals surface area contributed by atoms with Crippen LogP contribution >= 0.6 is 35.0 Å². The van der Waals surface area contributed by atoms with Crippen LogP contribution in [0.2, 0.25) is 10.0 Å². The molecule has 1 aromatic rings. The highest BCUT2D eigenvalue weighted by molar-refractivity contribution is 8.00. The quantitative estimate of drug-likeness (QED) is 0.766. The van der Waals surface area contributed by atoms with Crippen LogP contribution in [0.4, 0.5) is 0 Å². The van der Waals surface area contributed by atoms with Crippen molar-refractivity contribution in [3.05, 3.63) is 28.2 Å². The summed E-state index contributed by atoms with van der Waals surface area (Å²) in [5, 5.41) is 1.26. The molecule has 0 radical (unpaired) electrons. The zero-order valence-corrected chi connectivity index (χ0v) is 12.2. The average Bonchev–Trinajstić information content (AvgIpc) is 2.32. The number of thioether (sulfide) groups is 1. The molecule has 0 saturated heterocycles. The normalized spacial score (nSPS) is 10.4. The van der Waals surface area contributed by atoms with Crippen molar-refractivity contribution in [2.24, 2.45) is 0 Å². The zero-order valence-electron chi connectivity index (χ0n) is 9.87. The minimum atomic E-state index is 0.121. The number of carbonyl (C=O) groups is 1. The summed E-state index contributed by atoms with van der Waals surface area (Å²) in [7, 11) is 0. The molecule has 5 heteroatoms. The molecule has 0 aliphatic heterocycles. The van der Waals surface area contributed by atoms with E-state index in [1.54, 1.807) is 23.1 Å². The van der Waals surface area contributed by atoms with E-state index in [2.05, 4.69) is 0 Å². The molecular formula is C12H15Cl2NOS. The molecule has 1 amide bonds. The van der Waals surface area contributed by atoms with E-state index in [0.717, 1.165) is 18.0 Å². The summed E-state index contributed by atoms with van der Waals surface area (Å²) in [5.41, 5.74) is 0. The van der Waals surface area contributed by atoms with Crippen molar-refractivity contribution in [2.45, 2.75) is 18.7 Å². The molecule has 0 bridgehead atoms. The van der Waals surface area contributed by atoms with E-state index in [1.165, 1.54) is 11.8 Å². The smallest absolute Gasteiger partial charge is 0.232 e. The third-order valence-electron chi connectivity index (χ3n) is 2.36. The van der Waals surface area contributed by atoms with Gasteiger partial charge in [-0.05, 0) is 32.0 Å². The van der Waals surface area contributed by atoms with Crippen molar-refractivity contribution < 1.29 is 4.79 Å². The lowest BCUT2D eigenvalue weighted by Gasteiger charge is -2.18. The van der Waals surface area contributed by atoms with Crippen LogP contribution in [0.5, 0.6) is 0 Å². The lowest BCUT2D eigenvalue weighted by Crippen LogP contribution is -2.31. The molecule has 0 saturated carbocycles. The fourth-order valence-electron chi connectivity index (χ4n) is 1.39. The van der Waals surface area contributed by atoms with Gasteiger partial charge in [-0.1, -0.05) is 23.2 Å². The summed E-state index contributed by atoms with van der Waals surface area (Å²) in [6.07, 6.45) is 0. The first-order valence-corrected chi connectivity index (χ1v) is 7.18. The molecule has 2 nitrogen and oxygen atoms in total. The number of hydrogen-bond donors (Lipinski definition) is 0. The molecule has 0 aliphatic carbocycles. The molecule has 94 valence electrons. The number of hydrogen-bond acceptors (Lipinski definition) is 2. The maximum Gasteiger partial charge on any atom is 0.232 e. The van der Waals surface area contributed by atoms with Crippen LogP contribution in [0, 0.1) is 0 Å². The topological polar surface area (TPSA) is 20.3 Å². The third kappa shape index (κ3) is 4.41. The molecular weight excluding hydrogens is 277 g/mol. The van der Waals surface area contributed by atoms with Crippen LogP contribution in [0.15, 0.2) is 23.1 Å². The molecule has 0 aromatic heterocycles. The van der Waals surface area contributed by atoms with Crippen LogP contribution in [0.3, 0.4) is 0 Å². The molecule has 0 atom stereocenters.